The Morgan fingerprint density at radius 3 is 2.41 bits per heavy atom. The highest BCUT2D eigenvalue weighted by atomic mass is 16.5. The Kier molecular flexibility index (Phi) is 7.01. The van der Waals surface area contributed by atoms with Crippen LogP contribution in [0.1, 0.15) is 38.1 Å². The summed E-state index contributed by atoms with van der Waals surface area (Å²) in [5.74, 6) is 3.43. The molecule has 0 unspecified atom stereocenters. The lowest BCUT2D eigenvalue weighted by Gasteiger charge is -2.35. The Bertz CT molecular complexity index is 1280. The van der Waals surface area contributed by atoms with Crippen molar-refractivity contribution in [3.05, 3.63) is 61.1 Å². The maximum Gasteiger partial charge on any atom is 0.229 e. The largest absolute Gasteiger partial charge is 0.492 e. The Morgan fingerprint density at radius 1 is 0.838 bits per heavy atom. The summed E-state index contributed by atoms with van der Waals surface area (Å²) < 4.78 is 8.17. The number of hydrogen-bond acceptors (Lipinski definition) is 8. The molecule has 1 aliphatic heterocycles. The highest BCUT2D eigenvalue weighted by molar-refractivity contribution is 5.84. The van der Waals surface area contributed by atoms with Gasteiger partial charge in [-0.05, 0) is 37.1 Å². The summed E-state index contributed by atoms with van der Waals surface area (Å²) >= 11 is 0. The molecule has 1 N–H and O–H groups in total. The highest BCUT2D eigenvalue weighted by Gasteiger charge is 2.24. The number of fused-ring (bicyclic) bond motifs is 1. The van der Waals surface area contributed by atoms with Crippen molar-refractivity contribution < 1.29 is 4.74 Å². The number of nitrogens with one attached hydrogen (secondary N) is 1. The minimum atomic E-state index is 0.455. The van der Waals surface area contributed by atoms with E-state index in [9.17, 15) is 0 Å². The van der Waals surface area contributed by atoms with Crippen molar-refractivity contribution >= 4 is 28.7 Å². The van der Waals surface area contributed by atoms with Gasteiger partial charge in [0.2, 0.25) is 5.95 Å². The van der Waals surface area contributed by atoms with Crippen LogP contribution >= 0.6 is 0 Å². The van der Waals surface area contributed by atoms with E-state index in [0.717, 1.165) is 60.7 Å². The van der Waals surface area contributed by atoms with Crippen molar-refractivity contribution in [2.24, 2.45) is 0 Å². The van der Waals surface area contributed by atoms with E-state index in [0.29, 0.717) is 19.2 Å². The number of imidazole rings is 1. The number of aromatic nitrogens is 5. The molecule has 1 saturated heterocycles. The molecular weight excluding hydrogens is 464 g/mol. The van der Waals surface area contributed by atoms with Crippen molar-refractivity contribution in [2.75, 3.05) is 54.4 Å². The van der Waals surface area contributed by atoms with Crippen molar-refractivity contribution in [3.63, 3.8) is 0 Å². The van der Waals surface area contributed by atoms with Crippen LogP contribution in [0.25, 0.3) is 11.2 Å². The first-order valence-corrected chi connectivity index (χ1v) is 13.4. The fourth-order valence-electron chi connectivity index (χ4n) is 5.33. The lowest BCUT2D eigenvalue weighted by molar-refractivity contribution is 0.333. The van der Waals surface area contributed by atoms with Crippen LogP contribution in [-0.4, -0.2) is 63.8 Å². The number of pyridine rings is 1. The van der Waals surface area contributed by atoms with Gasteiger partial charge in [0.25, 0.3) is 0 Å². The minimum absolute atomic E-state index is 0.455. The van der Waals surface area contributed by atoms with Gasteiger partial charge in [0.05, 0.1) is 12.9 Å². The molecule has 2 fully saturated rings. The van der Waals surface area contributed by atoms with E-state index >= 15 is 0 Å². The monoisotopic (exact) mass is 498 g/mol. The third kappa shape index (κ3) is 5.30. The molecule has 6 rings (SSSR count). The second-order valence-corrected chi connectivity index (χ2v) is 9.74. The van der Waals surface area contributed by atoms with Crippen molar-refractivity contribution in [2.45, 2.75) is 38.1 Å². The predicted molar refractivity (Wildman–Crippen MR) is 147 cm³/mol. The molecule has 9 nitrogen and oxygen atoms in total. The lowest BCUT2D eigenvalue weighted by atomic mass is 9.95. The summed E-state index contributed by atoms with van der Waals surface area (Å²) in [7, 11) is 0. The first-order valence-electron chi connectivity index (χ1n) is 13.4. The zero-order chi connectivity index (χ0) is 24.9. The zero-order valence-electron chi connectivity index (χ0n) is 21.2. The Balaban J connectivity index is 1.22. The van der Waals surface area contributed by atoms with E-state index in [1.54, 1.807) is 0 Å². The summed E-state index contributed by atoms with van der Waals surface area (Å²) in [6, 6.07) is 16.4. The Labute approximate surface area is 217 Å². The number of benzene rings is 1. The molecule has 0 radical (unpaired) electrons. The molecule has 1 saturated carbocycles. The molecule has 9 heteroatoms. The molecule has 2 aliphatic rings. The second kappa shape index (κ2) is 11.0. The maximum atomic E-state index is 5.89. The number of piperazine rings is 1. The minimum Gasteiger partial charge on any atom is -0.492 e. The van der Waals surface area contributed by atoms with Gasteiger partial charge in [-0.1, -0.05) is 43.5 Å². The molecule has 192 valence electrons. The molecular formula is C28H34N8O. The molecule has 0 spiro atoms. The maximum absolute atomic E-state index is 5.89. The number of para-hydroxylation sites is 1. The molecule has 3 aromatic heterocycles. The summed E-state index contributed by atoms with van der Waals surface area (Å²) in [4.78, 5) is 23.9. The molecule has 0 amide bonds. The molecule has 1 aliphatic carbocycles. The van der Waals surface area contributed by atoms with Crippen LogP contribution < -0.4 is 19.9 Å². The molecule has 4 heterocycles. The van der Waals surface area contributed by atoms with Crippen molar-refractivity contribution in [1.82, 2.24) is 24.5 Å². The van der Waals surface area contributed by atoms with E-state index in [2.05, 4.69) is 30.7 Å². The molecule has 4 aromatic rings. The molecule has 0 atom stereocenters. The van der Waals surface area contributed by atoms with Gasteiger partial charge in [-0.15, -0.1) is 0 Å². The summed E-state index contributed by atoms with van der Waals surface area (Å²) in [6.45, 7) is 4.62. The average molecular weight is 499 g/mol. The van der Waals surface area contributed by atoms with E-state index in [-0.39, 0.29) is 0 Å². The van der Waals surface area contributed by atoms with Crippen LogP contribution in [0.5, 0.6) is 5.75 Å². The van der Waals surface area contributed by atoms with Gasteiger partial charge >= 0.3 is 0 Å². The summed E-state index contributed by atoms with van der Waals surface area (Å²) in [5.41, 5.74) is 1.76. The van der Waals surface area contributed by atoms with Gasteiger partial charge in [-0.3, -0.25) is 0 Å². The molecule has 0 bridgehead atoms. The van der Waals surface area contributed by atoms with Crippen LogP contribution in [0.3, 0.4) is 0 Å². The van der Waals surface area contributed by atoms with Crippen molar-refractivity contribution in [1.29, 1.82) is 0 Å². The van der Waals surface area contributed by atoms with Crippen LogP contribution in [0.4, 0.5) is 17.6 Å². The summed E-state index contributed by atoms with van der Waals surface area (Å²) in [5, 5.41) is 3.49. The number of anilines is 3. The highest BCUT2D eigenvalue weighted by Crippen LogP contribution is 2.32. The smallest absolute Gasteiger partial charge is 0.229 e. The quantitative estimate of drug-likeness (QED) is 0.355. The third-order valence-electron chi connectivity index (χ3n) is 7.32. The van der Waals surface area contributed by atoms with Crippen LogP contribution in [0, 0.1) is 0 Å². The summed E-state index contributed by atoms with van der Waals surface area (Å²) in [6.07, 6.45) is 10.0. The predicted octanol–water partition coefficient (Wildman–Crippen LogP) is 4.54. The van der Waals surface area contributed by atoms with Gasteiger partial charge in [0.1, 0.15) is 18.2 Å². The number of nitrogens with zero attached hydrogens (tertiary/aromatic N) is 7. The average Bonchev–Trinajstić information content (AvgIpc) is 3.41. The van der Waals surface area contributed by atoms with Gasteiger partial charge in [0.15, 0.2) is 17.0 Å². The van der Waals surface area contributed by atoms with E-state index in [4.69, 9.17) is 19.7 Å². The Hall–Kier alpha value is -3.88. The number of rotatable bonds is 8. The standard InChI is InChI=1S/C28H34N8O/c1-3-9-22(10-4-1)36-21-31-25-26(30-15-20-37-23-11-5-2-6-12-23)32-28(33-27(25)36)35-18-16-34(17-19-35)24-13-7-8-14-29-24/h2,5-8,11-14,21-22H,1,3-4,9-10,15-20H2,(H,30,32,33). The molecule has 37 heavy (non-hydrogen) atoms. The second-order valence-electron chi connectivity index (χ2n) is 9.74. The first-order chi connectivity index (χ1) is 18.3. The van der Waals surface area contributed by atoms with Crippen LogP contribution in [0.15, 0.2) is 61.1 Å². The zero-order valence-corrected chi connectivity index (χ0v) is 21.2. The van der Waals surface area contributed by atoms with Crippen LogP contribution in [-0.2, 0) is 0 Å². The Morgan fingerprint density at radius 2 is 1.62 bits per heavy atom. The third-order valence-corrected chi connectivity index (χ3v) is 7.32. The molecule has 1 aromatic carbocycles. The lowest BCUT2D eigenvalue weighted by Crippen LogP contribution is -2.47. The number of hydrogen-bond donors (Lipinski definition) is 1. The first kappa shape index (κ1) is 23.5. The number of ether oxygens (including phenoxy) is 1. The van der Waals surface area contributed by atoms with Gasteiger partial charge in [0, 0.05) is 38.4 Å². The normalized spacial score (nSPS) is 16.8. The van der Waals surface area contributed by atoms with Gasteiger partial charge in [-0.2, -0.15) is 9.97 Å². The van der Waals surface area contributed by atoms with E-state index < -0.39 is 0 Å². The fraction of sp³-hybridized carbons (Fsp3) is 0.429. The van der Waals surface area contributed by atoms with Gasteiger partial charge < -0.3 is 24.4 Å². The topological polar surface area (TPSA) is 84.2 Å². The van der Waals surface area contributed by atoms with Gasteiger partial charge in [-0.25, -0.2) is 9.97 Å². The SMILES string of the molecule is c1ccc(OCCNc2nc(N3CCN(c4ccccn4)CC3)nc3c2ncn3C2CCCCC2)cc1. The fourth-order valence-corrected chi connectivity index (χ4v) is 5.33. The van der Waals surface area contributed by atoms with Crippen LogP contribution in [0.2, 0.25) is 0 Å². The van der Waals surface area contributed by atoms with E-state index in [1.165, 1.54) is 32.1 Å². The van der Waals surface area contributed by atoms with E-state index in [1.807, 2.05) is 55.0 Å². The van der Waals surface area contributed by atoms with Crippen molar-refractivity contribution in [3.8, 4) is 5.75 Å².